The van der Waals surface area contributed by atoms with Gasteiger partial charge in [0.15, 0.2) is 0 Å². The van der Waals surface area contributed by atoms with Gasteiger partial charge in [-0.05, 0) is 6.42 Å². The van der Waals surface area contributed by atoms with Crippen LogP contribution in [-0.4, -0.2) is 49.3 Å². The van der Waals surface area contributed by atoms with E-state index >= 15 is 0 Å². The van der Waals surface area contributed by atoms with Gasteiger partial charge in [0.25, 0.3) is 0 Å². The van der Waals surface area contributed by atoms with Crippen LogP contribution in [0.1, 0.15) is 19.8 Å². The van der Waals surface area contributed by atoms with Crippen molar-refractivity contribution >= 4 is 5.91 Å². The second-order valence-corrected chi connectivity index (χ2v) is 3.80. The van der Waals surface area contributed by atoms with E-state index in [-0.39, 0.29) is 19.1 Å². The lowest BCUT2D eigenvalue weighted by Crippen LogP contribution is -2.39. The zero-order valence-electron chi connectivity index (χ0n) is 10.1. The molecule has 0 radical (unpaired) electrons. The number of carbonyl (C=O) groups excluding carboxylic acids is 1. The van der Waals surface area contributed by atoms with Gasteiger partial charge in [-0.1, -0.05) is 13.3 Å². The summed E-state index contributed by atoms with van der Waals surface area (Å²) < 4.78 is 4.77. The van der Waals surface area contributed by atoms with Crippen LogP contribution < -0.4 is 0 Å². The molecule has 0 heterocycles. The van der Waals surface area contributed by atoms with E-state index < -0.39 is 12.0 Å². The fourth-order valence-electron chi connectivity index (χ4n) is 1.45. The maximum atomic E-state index is 11.8. The Balaban J connectivity index is 4.21. The van der Waals surface area contributed by atoms with Gasteiger partial charge in [-0.3, -0.25) is 4.79 Å². The predicted octanol–water partition coefficient (Wildman–Crippen LogP) is 0.392. The first-order valence-corrected chi connectivity index (χ1v) is 5.38. The smallest absolute Gasteiger partial charge is 0.239 e. The van der Waals surface area contributed by atoms with Crippen molar-refractivity contribution in [1.82, 2.24) is 4.90 Å². The van der Waals surface area contributed by atoms with E-state index in [1.165, 1.54) is 12.0 Å². The third-order valence-electron chi connectivity index (χ3n) is 2.25. The number of ether oxygens (including phenoxy) is 1. The zero-order valence-corrected chi connectivity index (χ0v) is 10.1. The molecule has 0 aromatic heterocycles. The quantitative estimate of drug-likeness (QED) is 0.684. The molecule has 1 N–H and O–H groups in total. The molecule has 1 amide bonds. The van der Waals surface area contributed by atoms with Crippen molar-refractivity contribution < 1.29 is 14.6 Å². The molecule has 0 aliphatic heterocycles. The lowest BCUT2D eigenvalue weighted by atomic mass is 10.0. The van der Waals surface area contributed by atoms with Crippen LogP contribution >= 0.6 is 0 Å². The highest BCUT2D eigenvalue weighted by atomic mass is 16.5. The third-order valence-corrected chi connectivity index (χ3v) is 2.25. The SMILES string of the molecule is CCCC(C#N)C(=O)N(C)CC(O)COC. The number of hydrogen-bond acceptors (Lipinski definition) is 4. The van der Waals surface area contributed by atoms with Gasteiger partial charge in [0.05, 0.1) is 18.8 Å². The molecule has 92 valence electrons. The predicted molar refractivity (Wildman–Crippen MR) is 59.5 cm³/mol. The fourth-order valence-corrected chi connectivity index (χ4v) is 1.45. The number of nitrogens with zero attached hydrogens (tertiary/aromatic N) is 2. The lowest BCUT2D eigenvalue weighted by molar-refractivity contribution is -0.134. The number of aliphatic hydroxyl groups excluding tert-OH is 1. The van der Waals surface area contributed by atoms with Crippen molar-refractivity contribution in [1.29, 1.82) is 5.26 Å². The van der Waals surface area contributed by atoms with Gasteiger partial charge < -0.3 is 14.7 Å². The maximum Gasteiger partial charge on any atom is 0.239 e. The van der Waals surface area contributed by atoms with E-state index in [4.69, 9.17) is 10.00 Å². The Morgan fingerprint density at radius 2 is 2.25 bits per heavy atom. The molecule has 0 aliphatic carbocycles. The standard InChI is InChI=1S/C11H20N2O3/c1-4-5-9(6-12)11(15)13(2)7-10(14)8-16-3/h9-10,14H,4-5,7-8H2,1-3H3. The van der Waals surface area contributed by atoms with Crippen molar-refractivity contribution in [2.75, 3.05) is 27.3 Å². The molecular weight excluding hydrogens is 208 g/mol. The number of nitriles is 1. The summed E-state index contributed by atoms with van der Waals surface area (Å²) >= 11 is 0. The normalized spacial score (nSPS) is 13.9. The summed E-state index contributed by atoms with van der Waals surface area (Å²) in [4.78, 5) is 13.1. The van der Waals surface area contributed by atoms with Crippen LogP contribution in [0, 0.1) is 17.2 Å². The first-order chi connectivity index (χ1) is 7.56. The number of methoxy groups -OCH3 is 1. The highest BCUT2D eigenvalue weighted by molar-refractivity contribution is 5.80. The monoisotopic (exact) mass is 228 g/mol. The van der Waals surface area contributed by atoms with Gasteiger partial charge in [0.1, 0.15) is 5.92 Å². The van der Waals surface area contributed by atoms with Crippen molar-refractivity contribution in [3.8, 4) is 6.07 Å². The van der Waals surface area contributed by atoms with E-state index in [9.17, 15) is 9.90 Å². The average molecular weight is 228 g/mol. The molecule has 0 saturated carbocycles. The summed E-state index contributed by atoms with van der Waals surface area (Å²) in [6.07, 6.45) is 0.637. The van der Waals surface area contributed by atoms with Crippen LogP contribution in [0.25, 0.3) is 0 Å². The molecule has 0 aromatic carbocycles. The molecule has 2 unspecified atom stereocenters. The Morgan fingerprint density at radius 3 is 2.69 bits per heavy atom. The number of hydrogen-bond donors (Lipinski definition) is 1. The Labute approximate surface area is 96.6 Å². The second-order valence-electron chi connectivity index (χ2n) is 3.80. The summed E-state index contributed by atoms with van der Waals surface area (Å²) in [5.41, 5.74) is 0. The van der Waals surface area contributed by atoms with Gasteiger partial charge >= 0.3 is 0 Å². The molecule has 0 aliphatic rings. The zero-order chi connectivity index (χ0) is 12.6. The van der Waals surface area contributed by atoms with Gasteiger partial charge in [-0.25, -0.2) is 0 Å². The molecule has 0 rings (SSSR count). The molecule has 5 heteroatoms. The Morgan fingerprint density at radius 1 is 1.62 bits per heavy atom. The summed E-state index contributed by atoms with van der Waals surface area (Å²) in [7, 11) is 3.07. The minimum Gasteiger partial charge on any atom is -0.389 e. The summed E-state index contributed by atoms with van der Waals surface area (Å²) in [5.74, 6) is -0.843. The Kier molecular flexibility index (Phi) is 7.52. The highest BCUT2D eigenvalue weighted by Gasteiger charge is 2.22. The molecule has 0 spiro atoms. The number of likely N-dealkylation sites (N-methyl/N-ethyl adjacent to an activating group) is 1. The molecule has 2 atom stereocenters. The van der Waals surface area contributed by atoms with Gasteiger partial charge in [-0.2, -0.15) is 5.26 Å². The van der Waals surface area contributed by atoms with Crippen LogP contribution in [0.2, 0.25) is 0 Å². The second kappa shape index (κ2) is 8.08. The molecule has 0 bridgehead atoms. The molecule has 16 heavy (non-hydrogen) atoms. The number of carbonyl (C=O) groups is 1. The van der Waals surface area contributed by atoms with E-state index in [0.29, 0.717) is 6.42 Å². The van der Waals surface area contributed by atoms with E-state index in [0.717, 1.165) is 6.42 Å². The topological polar surface area (TPSA) is 73.6 Å². The van der Waals surface area contributed by atoms with Gasteiger partial charge in [0, 0.05) is 20.7 Å². The molecule has 0 aromatic rings. The van der Waals surface area contributed by atoms with Crippen molar-refractivity contribution in [2.45, 2.75) is 25.9 Å². The summed E-state index contributed by atoms with van der Waals surface area (Å²) in [6, 6.07) is 1.98. The van der Waals surface area contributed by atoms with Crippen LogP contribution in [0.3, 0.4) is 0 Å². The third kappa shape index (κ3) is 5.10. The minimum atomic E-state index is -0.708. The number of rotatable bonds is 7. The van der Waals surface area contributed by atoms with E-state index in [2.05, 4.69) is 0 Å². The Bertz CT molecular complexity index is 250. The van der Waals surface area contributed by atoms with Crippen molar-refractivity contribution in [2.24, 2.45) is 5.92 Å². The van der Waals surface area contributed by atoms with E-state index in [1.807, 2.05) is 13.0 Å². The minimum absolute atomic E-state index is 0.183. The number of amides is 1. The number of aliphatic hydroxyl groups is 1. The maximum absolute atomic E-state index is 11.8. The fraction of sp³-hybridized carbons (Fsp3) is 0.818. The first kappa shape index (κ1) is 14.9. The van der Waals surface area contributed by atoms with Crippen LogP contribution in [-0.2, 0) is 9.53 Å². The van der Waals surface area contributed by atoms with Crippen molar-refractivity contribution in [3.63, 3.8) is 0 Å². The Hall–Kier alpha value is -1.12. The molecular formula is C11H20N2O3. The van der Waals surface area contributed by atoms with Gasteiger partial charge in [-0.15, -0.1) is 0 Å². The van der Waals surface area contributed by atoms with Crippen LogP contribution in [0.4, 0.5) is 0 Å². The summed E-state index contributed by atoms with van der Waals surface area (Å²) in [6.45, 7) is 2.30. The van der Waals surface area contributed by atoms with Gasteiger partial charge in [0.2, 0.25) is 5.91 Å². The first-order valence-electron chi connectivity index (χ1n) is 5.38. The lowest BCUT2D eigenvalue weighted by Gasteiger charge is -2.22. The van der Waals surface area contributed by atoms with Crippen molar-refractivity contribution in [3.05, 3.63) is 0 Å². The molecule has 0 fully saturated rings. The molecule has 0 saturated heterocycles. The molecule has 5 nitrogen and oxygen atoms in total. The van der Waals surface area contributed by atoms with E-state index in [1.54, 1.807) is 7.05 Å². The van der Waals surface area contributed by atoms with Crippen LogP contribution in [0.15, 0.2) is 0 Å². The average Bonchev–Trinajstić information content (AvgIpc) is 2.25. The summed E-state index contributed by atoms with van der Waals surface area (Å²) in [5, 5.41) is 18.3. The van der Waals surface area contributed by atoms with Crippen LogP contribution in [0.5, 0.6) is 0 Å². The highest BCUT2D eigenvalue weighted by Crippen LogP contribution is 2.08. The largest absolute Gasteiger partial charge is 0.389 e.